The normalized spacial score (nSPS) is 8.38. The molecule has 0 saturated carbocycles. The van der Waals surface area contributed by atoms with Gasteiger partial charge in [0.1, 0.15) is 6.79 Å². The van der Waals surface area contributed by atoms with Crippen LogP contribution in [0.4, 0.5) is 5.69 Å². The van der Waals surface area contributed by atoms with Crippen molar-refractivity contribution in [2.75, 3.05) is 0 Å². The van der Waals surface area contributed by atoms with Crippen molar-refractivity contribution in [1.29, 1.82) is 0 Å². The number of rotatable bonds is 2. The number of hydrogen-bond acceptors (Lipinski definition) is 3. The van der Waals surface area contributed by atoms with Crippen molar-refractivity contribution >= 4 is 12.5 Å². The Bertz CT molecular complexity index is 269. The SMILES string of the molecule is C=O.CCc1ccc([N+](=O)[O-])cc1. The second-order valence-electron chi connectivity index (χ2n) is 2.28. The third kappa shape index (κ3) is 3.46. The van der Waals surface area contributed by atoms with Gasteiger partial charge in [-0.25, -0.2) is 0 Å². The Kier molecular flexibility index (Phi) is 5.11. The second kappa shape index (κ2) is 5.88. The van der Waals surface area contributed by atoms with Crippen molar-refractivity contribution in [2.45, 2.75) is 13.3 Å². The van der Waals surface area contributed by atoms with Gasteiger partial charge in [0.05, 0.1) is 4.92 Å². The predicted molar refractivity (Wildman–Crippen MR) is 49.6 cm³/mol. The van der Waals surface area contributed by atoms with Crippen molar-refractivity contribution in [3.8, 4) is 0 Å². The maximum absolute atomic E-state index is 10.2. The summed E-state index contributed by atoms with van der Waals surface area (Å²) in [4.78, 5) is 17.8. The van der Waals surface area contributed by atoms with E-state index in [2.05, 4.69) is 0 Å². The van der Waals surface area contributed by atoms with Crippen LogP contribution in [-0.2, 0) is 11.2 Å². The molecule has 0 bridgehead atoms. The second-order valence-corrected chi connectivity index (χ2v) is 2.28. The number of carbonyl (C=O) groups is 1. The molecule has 0 aromatic heterocycles. The van der Waals surface area contributed by atoms with Crippen LogP contribution in [0.2, 0.25) is 0 Å². The van der Waals surface area contributed by atoms with Crippen LogP contribution < -0.4 is 0 Å². The maximum atomic E-state index is 10.2. The molecule has 70 valence electrons. The quantitative estimate of drug-likeness (QED) is 0.517. The van der Waals surface area contributed by atoms with Crippen LogP contribution >= 0.6 is 0 Å². The van der Waals surface area contributed by atoms with Gasteiger partial charge >= 0.3 is 0 Å². The van der Waals surface area contributed by atoms with Crippen LogP contribution in [0.15, 0.2) is 24.3 Å². The summed E-state index contributed by atoms with van der Waals surface area (Å²) in [6.07, 6.45) is 0.915. The fourth-order valence-corrected chi connectivity index (χ4v) is 0.853. The molecule has 1 aromatic rings. The molecule has 0 aliphatic rings. The van der Waals surface area contributed by atoms with E-state index in [0.29, 0.717) is 0 Å². The highest BCUT2D eigenvalue weighted by Gasteiger charge is 2.01. The Hall–Kier alpha value is -1.71. The van der Waals surface area contributed by atoms with E-state index in [1.165, 1.54) is 12.1 Å². The monoisotopic (exact) mass is 181 g/mol. The molecule has 4 heteroatoms. The third-order valence-electron chi connectivity index (χ3n) is 1.56. The zero-order valence-electron chi connectivity index (χ0n) is 7.40. The zero-order valence-corrected chi connectivity index (χ0v) is 7.40. The minimum atomic E-state index is -0.389. The summed E-state index contributed by atoms with van der Waals surface area (Å²) < 4.78 is 0. The lowest BCUT2D eigenvalue weighted by Gasteiger charge is -1.93. The molecule has 0 fully saturated rings. The van der Waals surface area contributed by atoms with Gasteiger partial charge in [0.25, 0.3) is 5.69 Å². The predicted octanol–water partition coefficient (Wildman–Crippen LogP) is 1.97. The van der Waals surface area contributed by atoms with Gasteiger partial charge in [-0.05, 0) is 12.0 Å². The van der Waals surface area contributed by atoms with Gasteiger partial charge < -0.3 is 4.79 Å². The summed E-state index contributed by atoms with van der Waals surface area (Å²) in [5.41, 5.74) is 1.28. The molecule has 0 N–H and O–H groups in total. The lowest BCUT2D eigenvalue weighted by Crippen LogP contribution is -1.87. The molecule has 0 unspecified atom stereocenters. The maximum Gasteiger partial charge on any atom is 0.269 e. The van der Waals surface area contributed by atoms with Gasteiger partial charge in [0.15, 0.2) is 0 Å². The van der Waals surface area contributed by atoms with E-state index in [0.717, 1.165) is 12.0 Å². The summed E-state index contributed by atoms with van der Waals surface area (Å²) in [5.74, 6) is 0. The van der Waals surface area contributed by atoms with Crippen molar-refractivity contribution < 1.29 is 9.72 Å². The van der Waals surface area contributed by atoms with Gasteiger partial charge in [0.2, 0.25) is 0 Å². The minimum Gasteiger partial charge on any atom is -0.307 e. The van der Waals surface area contributed by atoms with Gasteiger partial charge in [-0.2, -0.15) is 0 Å². The molecule has 0 amide bonds. The van der Waals surface area contributed by atoms with E-state index in [1.54, 1.807) is 12.1 Å². The number of aryl methyl sites for hydroxylation is 1. The fourth-order valence-electron chi connectivity index (χ4n) is 0.853. The van der Waals surface area contributed by atoms with Crippen LogP contribution in [0.25, 0.3) is 0 Å². The zero-order chi connectivity index (χ0) is 10.3. The summed E-state index contributed by atoms with van der Waals surface area (Å²) in [7, 11) is 0. The topological polar surface area (TPSA) is 60.2 Å². The molecule has 4 nitrogen and oxygen atoms in total. The first-order valence-corrected chi connectivity index (χ1v) is 3.76. The van der Waals surface area contributed by atoms with Crippen molar-refractivity contribution in [1.82, 2.24) is 0 Å². The highest BCUT2D eigenvalue weighted by molar-refractivity contribution is 5.32. The molecule has 0 spiro atoms. The number of nitro groups is 1. The molecule has 0 aliphatic carbocycles. The standard InChI is InChI=1S/C8H9NO2.CH2O/c1-2-7-3-5-8(6-4-7)9(10)11;1-2/h3-6H,2H2,1H3;1H2. The molecule has 13 heavy (non-hydrogen) atoms. The Balaban J connectivity index is 0.000000671. The van der Waals surface area contributed by atoms with Crippen LogP contribution in [-0.4, -0.2) is 11.7 Å². The van der Waals surface area contributed by atoms with Crippen LogP contribution in [0.3, 0.4) is 0 Å². The third-order valence-corrected chi connectivity index (χ3v) is 1.56. The molecular formula is C9H11NO3. The summed E-state index contributed by atoms with van der Waals surface area (Å²) >= 11 is 0. The Labute approximate surface area is 76.3 Å². The first-order chi connectivity index (χ1) is 6.24. The van der Waals surface area contributed by atoms with Gasteiger partial charge in [0, 0.05) is 12.1 Å². The van der Waals surface area contributed by atoms with Crippen LogP contribution in [0.1, 0.15) is 12.5 Å². The minimum absolute atomic E-state index is 0.155. The average Bonchev–Trinajstić information content (AvgIpc) is 2.21. The molecule has 1 rings (SSSR count). The van der Waals surface area contributed by atoms with E-state index in [4.69, 9.17) is 4.79 Å². The average molecular weight is 181 g/mol. The highest BCUT2D eigenvalue weighted by atomic mass is 16.6. The van der Waals surface area contributed by atoms with Gasteiger partial charge in [-0.1, -0.05) is 19.1 Å². The van der Waals surface area contributed by atoms with Gasteiger partial charge in [-0.15, -0.1) is 0 Å². The number of non-ortho nitro benzene ring substituents is 1. The van der Waals surface area contributed by atoms with E-state index in [9.17, 15) is 10.1 Å². The number of benzene rings is 1. The van der Waals surface area contributed by atoms with Gasteiger partial charge in [-0.3, -0.25) is 10.1 Å². The largest absolute Gasteiger partial charge is 0.307 e. The van der Waals surface area contributed by atoms with Crippen LogP contribution in [0.5, 0.6) is 0 Å². The molecule has 1 aromatic carbocycles. The Morgan fingerprint density at radius 1 is 1.31 bits per heavy atom. The lowest BCUT2D eigenvalue weighted by atomic mass is 10.2. The summed E-state index contributed by atoms with van der Waals surface area (Å²) in [6.45, 7) is 4.02. The van der Waals surface area contributed by atoms with E-state index in [1.807, 2.05) is 13.7 Å². The summed E-state index contributed by atoms with van der Waals surface area (Å²) in [5, 5.41) is 10.2. The number of hydrogen-bond donors (Lipinski definition) is 0. The molecular weight excluding hydrogens is 170 g/mol. The Morgan fingerprint density at radius 3 is 2.08 bits per heavy atom. The van der Waals surface area contributed by atoms with E-state index < -0.39 is 0 Å². The first-order valence-electron chi connectivity index (χ1n) is 3.76. The number of carbonyl (C=O) groups excluding carboxylic acids is 1. The smallest absolute Gasteiger partial charge is 0.269 e. The molecule has 0 atom stereocenters. The van der Waals surface area contributed by atoms with Crippen LogP contribution in [0, 0.1) is 10.1 Å². The summed E-state index contributed by atoms with van der Waals surface area (Å²) in [6, 6.07) is 6.61. The van der Waals surface area contributed by atoms with Crippen molar-refractivity contribution in [2.24, 2.45) is 0 Å². The van der Waals surface area contributed by atoms with Crippen molar-refractivity contribution in [3.63, 3.8) is 0 Å². The molecule has 0 radical (unpaired) electrons. The highest BCUT2D eigenvalue weighted by Crippen LogP contribution is 2.11. The van der Waals surface area contributed by atoms with E-state index >= 15 is 0 Å². The lowest BCUT2D eigenvalue weighted by molar-refractivity contribution is -0.384. The first kappa shape index (κ1) is 11.3. The molecule has 0 saturated heterocycles. The van der Waals surface area contributed by atoms with Crippen molar-refractivity contribution in [3.05, 3.63) is 39.9 Å². The fraction of sp³-hybridized carbons (Fsp3) is 0.222. The van der Waals surface area contributed by atoms with E-state index in [-0.39, 0.29) is 10.6 Å². The number of nitrogens with zero attached hydrogens (tertiary/aromatic N) is 1. The molecule has 0 aliphatic heterocycles. The number of nitro benzene ring substituents is 1. The molecule has 0 heterocycles. The Morgan fingerprint density at radius 2 is 1.77 bits per heavy atom.